The molecule has 1 atom stereocenters. The third-order valence-corrected chi connectivity index (χ3v) is 6.27. The van der Waals surface area contributed by atoms with Gasteiger partial charge in [-0.2, -0.15) is 0 Å². The lowest BCUT2D eigenvalue weighted by Gasteiger charge is -2.24. The van der Waals surface area contributed by atoms with Crippen molar-refractivity contribution in [2.45, 2.75) is 18.4 Å². The second kappa shape index (κ2) is 8.02. The van der Waals surface area contributed by atoms with E-state index in [2.05, 4.69) is 15.3 Å². The van der Waals surface area contributed by atoms with Crippen molar-refractivity contribution in [3.05, 3.63) is 65.9 Å². The number of benzene rings is 1. The Kier molecular flexibility index (Phi) is 5.45. The standard InChI is InChI=1S/C21H18ClN4O2S/c22-15-4-1-3-14(11-15)18-17(26-19(29-18)13-5-9-24-10-6-13)16(27)12-21(20(23)28)7-2-8-25-21/h1,3-6,9-12,25H,2,7-8H2,(H2,23,28). The van der Waals surface area contributed by atoms with Crippen LogP contribution in [0.25, 0.3) is 21.0 Å². The van der Waals surface area contributed by atoms with Crippen LogP contribution in [0.1, 0.15) is 23.3 Å². The molecule has 3 N–H and O–H groups in total. The largest absolute Gasteiger partial charge is 0.368 e. The predicted octanol–water partition coefficient (Wildman–Crippen LogP) is 3.52. The highest BCUT2D eigenvalue weighted by atomic mass is 35.5. The fraction of sp³-hybridized carbons (Fsp3) is 0.190. The Bertz CT molecular complexity index is 1060. The zero-order valence-corrected chi connectivity index (χ0v) is 17.0. The summed E-state index contributed by atoms with van der Waals surface area (Å²) in [5, 5.41) is 4.32. The number of hydrogen-bond donors (Lipinski definition) is 2. The first-order valence-electron chi connectivity index (χ1n) is 9.11. The lowest BCUT2D eigenvalue weighted by molar-refractivity contribution is -0.122. The maximum absolute atomic E-state index is 13.2. The molecule has 1 radical (unpaired) electrons. The van der Waals surface area contributed by atoms with Gasteiger partial charge in [-0.15, -0.1) is 11.3 Å². The predicted molar refractivity (Wildman–Crippen MR) is 114 cm³/mol. The van der Waals surface area contributed by atoms with E-state index in [1.165, 1.54) is 17.8 Å². The Morgan fingerprint density at radius 3 is 2.66 bits per heavy atom. The molecule has 1 amide bonds. The first-order valence-corrected chi connectivity index (χ1v) is 10.3. The summed E-state index contributed by atoms with van der Waals surface area (Å²) >= 11 is 7.56. The lowest BCUT2D eigenvalue weighted by Crippen LogP contribution is -2.53. The number of amides is 1. The van der Waals surface area contributed by atoms with Crippen LogP contribution in [0.5, 0.6) is 0 Å². The number of carbonyl (C=O) groups excluding carboxylic acids is 2. The highest BCUT2D eigenvalue weighted by Gasteiger charge is 2.42. The second-order valence-corrected chi connectivity index (χ2v) is 8.25. The molecule has 8 heteroatoms. The van der Waals surface area contributed by atoms with Crippen molar-refractivity contribution in [3.63, 3.8) is 0 Å². The maximum atomic E-state index is 13.2. The molecular weight excluding hydrogens is 408 g/mol. The van der Waals surface area contributed by atoms with Gasteiger partial charge in [0.1, 0.15) is 16.2 Å². The number of primary amides is 1. The number of ketones is 1. The first kappa shape index (κ1) is 19.7. The molecule has 0 saturated carbocycles. The number of Topliss-reactive ketones (excluding diaryl/α,β-unsaturated/α-hetero) is 1. The van der Waals surface area contributed by atoms with Crippen LogP contribution in [0.3, 0.4) is 0 Å². The SMILES string of the molecule is NC(=O)C1([CH]C(=O)c2nc(-c3ccncc3)sc2-c2cccc(Cl)c2)CCCN1. The summed E-state index contributed by atoms with van der Waals surface area (Å²) in [6.45, 7) is 0.632. The van der Waals surface area contributed by atoms with Crippen LogP contribution >= 0.6 is 22.9 Å². The second-order valence-electron chi connectivity index (χ2n) is 6.82. The zero-order chi connectivity index (χ0) is 20.4. The van der Waals surface area contributed by atoms with Crippen LogP contribution in [0.2, 0.25) is 5.02 Å². The number of hydrogen-bond acceptors (Lipinski definition) is 6. The smallest absolute Gasteiger partial charge is 0.238 e. The van der Waals surface area contributed by atoms with Crippen LogP contribution in [0.15, 0.2) is 48.8 Å². The molecule has 0 bridgehead atoms. The van der Waals surface area contributed by atoms with E-state index in [0.717, 1.165) is 17.5 Å². The van der Waals surface area contributed by atoms with Crippen molar-refractivity contribution in [1.82, 2.24) is 15.3 Å². The fourth-order valence-corrected chi connectivity index (χ4v) is 4.66. The number of aromatic nitrogens is 2. The van der Waals surface area contributed by atoms with Crippen LogP contribution < -0.4 is 11.1 Å². The van der Waals surface area contributed by atoms with E-state index in [4.69, 9.17) is 17.3 Å². The Morgan fingerprint density at radius 1 is 1.21 bits per heavy atom. The van der Waals surface area contributed by atoms with Gasteiger partial charge in [-0.1, -0.05) is 23.7 Å². The van der Waals surface area contributed by atoms with E-state index in [1.807, 2.05) is 24.3 Å². The van der Waals surface area contributed by atoms with E-state index < -0.39 is 11.4 Å². The van der Waals surface area contributed by atoms with Gasteiger partial charge in [0.05, 0.1) is 11.3 Å². The molecule has 3 heterocycles. The van der Waals surface area contributed by atoms with E-state index in [-0.39, 0.29) is 11.5 Å². The van der Waals surface area contributed by atoms with E-state index in [1.54, 1.807) is 24.5 Å². The average molecular weight is 426 g/mol. The summed E-state index contributed by atoms with van der Waals surface area (Å²) in [7, 11) is 0. The molecule has 1 saturated heterocycles. The lowest BCUT2D eigenvalue weighted by atomic mass is 9.89. The third-order valence-electron chi connectivity index (χ3n) is 4.88. The number of pyridine rings is 1. The topological polar surface area (TPSA) is 98.0 Å². The Labute approximate surface area is 177 Å². The summed E-state index contributed by atoms with van der Waals surface area (Å²) in [5.74, 6) is -0.901. The van der Waals surface area contributed by atoms with Crippen molar-refractivity contribution in [2.75, 3.05) is 6.54 Å². The minimum absolute atomic E-state index is 0.276. The summed E-state index contributed by atoms with van der Waals surface area (Å²) in [5.41, 5.74) is 6.39. The van der Waals surface area contributed by atoms with Gasteiger partial charge in [-0.05, 0) is 49.2 Å². The molecule has 2 aromatic heterocycles. The molecule has 1 unspecified atom stereocenters. The quantitative estimate of drug-likeness (QED) is 0.589. The number of thiazole rings is 1. The van der Waals surface area contributed by atoms with Crippen molar-refractivity contribution < 1.29 is 9.59 Å². The van der Waals surface area contributed by atoms with Gasteiger partial charge in [0.25, 0.3) is 0 Å². The molecule has 1 aromatic carbocycles. The van der Waals surface area contributed by atoms with Crippen molar-refractivity contribution in [1.29, 1.82) is 0 Å². The Hall–Kier alpha value is -2.61. The molecule has 147 valence electrons. The van der Waals surface area contributed by atoms with Gasteiger partial charge < -0.3 is 11.1 Å². The van der Waals surface area contributed by atoms with Gasteiger partial charge in [0.15, 0.2) is 5.78 Å². The minimum atomic E-state index is -1.14. The normalized spacial score (nSPS) is 18.7. The van der Waals surface area contributed by atoms with Crippen molar-refractivity contribution in [3.8, 4) is 21.0 Å². The van der Waals surface area contributed by atoms with Crippen LogP contribution in [-0.4, -0.2) is 33.7 Å². The van der Waals surface area contributed by atoms with Crippen LogP contribution in [0.4, 0.5) is 0 Å². The average Bonchev–Trinajstić information content (AvgIpc) is 3.37. The number of nitrogens with one attached hydrogen (secondary N) is 1. The number of rotatable bonds is 6. The van der Waals surface area contributed by atoms with E-state index in [9.17, 15) is 9.59 Å². The first-order chi connectivity index (χ1) is 14.0. The summed E-state index contributed by atoms with van der Waals surface area (Å²) in [4.78, 5) is 34.6. The summed E-state index contributed by atoms with van der Waals surface area (Å²) < 4.78 is 0. The van der Waals surface area contributed by atoms with E-state index >= 15 is 0 Å². The summed E-state index contributed by atoms with van der Waals surface area (Å²) in [6, 6.07) is 10.9. The Morgan fingerprint density at radius 2 is 2.00 bits per heavy atom. The fourth-order valence-electron chi connectivity index (χ4n) is 3.39. The molecule has 29 heavy (non-hydrogen) atoms. The van der Waals surface area contributed by atoms with Crippen molar-refractivity contribution >= 4 is 34.6 Å². The summed E-state index contributed by atoms with van der Waals surface area (Å²) in [6.07, 6.45) is 5.98. The number of nitrogens with two attached hydrogens (primary N) is 1. The molecule has 6 nitrogen and oxygen atoms in total. The molecular formula is C21H18ClN4O2S. The monoisotopic (exact) mass is 425 g/mol. The van der Waals surface area contributed by atoms with Gasteiger partial charge in [-0.25, -0.2) is 4.98 Å². The molecule has 4 rings (SSSR count). The van der Waals surface area contributed by atoms with E-state index in [0.29, 0.717) is 27.9 Å². The molecule has 1 fully saturated rings. The number of nitrogens with zero attached hydrogens (tertiary/aromatic N) is 2. The maximum Gasteiger partial charge on any atom is 0.238 e. The Balaban J connectivity index is 1.77. The highest BCUT2D eigenvalue weighted by molar-refractivity contribution is 7.18. The van der Waals surface area contributed by atoms with Crippen LogP contribution in [-0.2, 0) is 4.79 Å². The molecule has 0 spiro atoms. The molecule has 1 aliphatic rings. The molecule has 3 aromatic rings. The van der Waals surface area contributed by atoms with Gasteiger partial charge in [-0.3, -0.25) is 14.6 Å². The van der Waals surface area contributed by atoms with Crippen LogP contribution in [0, 0.1) is 6.42 Å². The van der Waals surface area contributed by atoms with Gasteiger partial charge in [0.2, 0.25) is 5.91 Å². The number of carbonyl (C=O) groups is 2. The number of halogens is 1. The van der Waals surface area contributed by atoms with Crippen molar-refractivity contribution in [2.24, 2.45) is 5.73 Å². The van der Waals surface area contributed by atoms with Gasteiger partial charge >= 0.3 is 0 Å². The minimum Gasteiger partial charge on any atom is -0.368 e. The zero-order valence-electron chi connectivity index (χ0n) is 15.4. The van der Waals surface area contributed by atoms with Gasteiger partial charge in [0, 0.05) is 23.0 Å². The third kappa shape index (κ3) is 3.94. The molecule has 1 aliphatic heterocycles. The molecule has 0 aliphatic carbocycles. The highest BCUT2D eigenvalue weighted by Crippen LogP contribution is 2.37.